The van der Waals surface area contributed by atoms with Crippen molar-refractivity contribution in [1.29, 1.82) is 0 Å². The van der Waals surface area contributed by atoms with Crippen LogP contribution in [-0.2, 0) is 6.42 Å². The average molecular weight is 254 g/mol. The zero-order valence-corrected chi connectivity index (χ0v) is 11.8. The van der Waals surface area contributed by atoms with Crippen molar-refractivity contribution in [2.45, 2.75) is 45.4 Å². The van der Waals surface area contributed by atoms with Crippen LogP contribution in [0.5, 0.6) is 0 Å². The van der Waals surface area contributed by atoms with E-state index >= 15 is 0 Å². The SMILES string of the molecule is CCCCC1c2nc3ccccc3c(N)c2CC1C. The fraction of sp³-hybridized carbons (Fsp3) is 0.471. The molecule has 0 saturated heterocycles. The number of fused-ring (bicyclic) bond motifs is 2. The van der Waals surface area contributed by atoms with E-state index in [0.29, 0.717) is 11.8 Å². The lowest BCUT2D eigenvalue weighted by atomic mass is 9.91. The highest BCUT2D eigenvalue weighted by atomic mass is 14.8. The summed E-state index contributed by atoms with van der Waals surface area (Å²) in [5.74, 6) is 1.27. The lowest BCUT2D eigenvalue weighted by Gasteiger charge is -2.15. The van der Waals surface area contributed by atoms with Gasteiger partial charge in [0.2, 0.25) is 0 Å². The Labute approximate surface area is 115 Å². The van der Waals surface area contributed by atoms with Crippen molar-refractivity contribution in [2.24, 2.45) is 5.92 Å². The van der Waals surface area contributed by atoms with Crippen molar-refractivity contribution in [3.8, 4) is 0 Å². The summed E-state index contributed by atoms with van der Waals surface area (Å²) < 4.78 is 0. The summed E-state index contributed by atoms with van der Waals surface area (Å²) in [6, 6.07) is 8.24. The van der Waals surface area contributed by atoms with Gasteiger partial charge in [0, 0.05) is 22.7 Å². The molecule has 1 aliphatic rings. The van der Waals surface area contributed by atoms with Crippen LogP contribution in [0, 0.1) is 5.92 Å². The van der Waals surface area contributed by atoms with E-state index in [1.54, 1.807) is 0 Å². The van der Waals surface area contributed by atoms with Gasteiger partial charge in [-0.2, -0.15) is 0 Å². The van der Waals surface area contributed by atoms with E-state index in [2.05, 4.69) is 26.0 Å². The Balaban J connectivity index is 2.11. The first-order valence-corrected chi connectivity index (χ1v) is 7.39. The van der Waals surface area contributed by atoms with E-state index in [-0.39, 0.29) is 0 Å². The van der Waals surface area contributed by atoms with Gasteiger partial charge < -0.3 is 5.73 Å². The number of para-hydroxylation sites is 1. The molecule has 1 aromatic heterocycles. The second kappa shape index (κ2) is 4.84. The Morgan fingerprint density at radius 1 is 1.32 bits per heavy atom. The van der Waals surface area contributed by atoms with Crippen LogP contribution in [0.25, 0.3) is 10.9 Å². The highest BCUT2D eigenvalue weighted by molar-refractivity contribution is 5.92. The molecule has 2 aromatic rings. The Kier molecular flexibility index (Phi) is 3.17. The van der Waals surface area contributed by atoms with Gasteiger partial charge in [0.1, 0.15) is 0 Å². The van der Waals surface area contributed by atoms with Crippen molar-refractivity contribution in [3.05, 3.63) is 35.5 Å². The van der Waals surface area contributed by atoms with E-state index < -0.39 is 0 Å². The van der Waals surface area contributed by atoms with Crippen molar-refractivity contribution >= 4 is 16.6 Å². The van der Waals surface area contributed by atoms with Gasteiger partial charge in [-0.1, -0.05) is 44.9 Å². The van der Waals surface area contributed by atoms with E-state index in [4.69, 9.17) is 10.7 Å². The Morgan fingerprint density at radius 2 is 2.11 bits per heavy atom. The van der Waals surface area contributed by atoms with E-state index in [0.717, 1.165) is 23.0 Å². The summed E-state index contributed by atoms with van der Waals surface area (Å²) in [5.41, 5.74) is 11.0. The molecule has 19 heavy (non-hydrogen) atoms. The highest BCUT2D eigenvalue weighted by Crippen LogP contribution is 2.43. The minimum Gasteiger partial charge on any atom is -0.398 e. The summed E-state index contributed by atoms with van der Waals surface area (Å²) in [4.78, 5) is 4.92. The fourth-order valence-electron chi connectivity index (χ4n) is 3.40. The van der Waals surface area contributed by atoms with Crippen molar-refractivity contribution in [1.82, 2.24) is 4.98 Å². The Bertz CT molecular complexity index is 603. The minimum atomic E-state index is 0.599. The summed E-state index contributed by atoms with van der Waals surface area (Å²) in [5, 5.41) is 1.12. The predicted octanol–water partition coefficient (Wildman–Crippen LogP) is 4.28. The first-order chi connectivity index (χ1) is 9.22. The van der Waals surface area contributed by atoms with Gasteiger partial charge in [-0.05, 0) is 30.4 Å². The highest BCUT2D eigenvalue weighted by Gasteiger charge is 2.32. The number of nitrogens with zero attached hydrogens (tertiary/aromatic N) is 1. The van der Waals surface area contributed by atoms with E-state index in [1.165, 1.54) is 30.5 Å². The minimum absolute atomic E-state index is 0.599. The predicted molar refractivity (Wildman–Crippen MR) is 81.3 cm³/mol. The molecule has 3 rings (SSSR count). The lowest BCUT2D eigenvalue weighted by Crippen LogP contribution is -2.05. The molecule has 0 aliphatic heterocycles. The number of rotatable bonds is 3. The van der Waals surface area contributed by atoms with Gasteiger partial charge in [0.15, 0.2) is 0 Å². The van der Waals surface area contributed by atoms with Crippen molar-refractivity contribution < 1.29 is 0 Å². The normalized spacial score (nSPS) is 21.8. The fourth-order valence-corrected chi connectivity index (χ4v) is 3.40. The van der Waals surface area contributed by atoms with Gasteiger partial charge in [-0.3, -0.25) is 4.98 Å². The summed E-state index contributed by atoms with van der Waals surface area (Å²) >= 11 is 0. The summed E-state index contributed by atoms with van der Waals surface area (Å²) in [6.45, 7) is 4.59. The average Bonchev–Trinajstić information content (AvgIpc) is 2.73. The number of benzene rings is 1. The molecule has 2 atom stereocenters. The maximum Gasteiger partial charge on any atom is 0.0726 e. The molecule has 1 aliphatic carbocycles. The number of aromatic nitrogens is 1. The van der Waals surface area contributed by atoms with Crippen LogP contribution in [0.15, 0.2) is 24.3 Å². The smallest absolute Gasteiger partial charge is 0.0726 e. The van der Waals surface area contributed by atoms with Crippen molar-refractivity contribution in [2.75, 3.05) is 5.73 Å². The van der Waals surface area contributed by atoms with Crippen LogP contribution in [-0.4, -0.2) is 4.98 Å². The number of nitrogens with two attached hydrogens (primary N) is 1. The number of nitrogen functional groups attached to an aromatic ring is 1. The standard InChI is InChI=1S/C17H22N2/c1-3-4-7-12-11(2)10-14-16(18)13-8-5-6-9-15(13)19-17(12)14/h5-6,8-9,11-12H,3-4,7,10H2,1-2H3,(H2,18,19). The molecule has 0 saturated carbocycles. The van der Waals surface area contributed by atoms with E-state index in [1.807, 2.05) is 12.1 Å². The van der Waals surface area contributed by atoms with Gasteiger partial charge in [0.25, 0.3) is 0 Å². The van der Waals surface area contributed by atoms with E-state index in [9.17, 15) is 0 Å². The number of pyridine rings is 1. The van der Waals surface area contributed by atoms with Crippen LogP contribution >= 0.6 is 0 Å². The third-order valence-electron chi connectivity index (χ3n) is 4.50. The third-order valence-corrected chi connectivity index (χ3v) is 4.50. The molecule has 100 valence electrons. The molecule has 2 heteroatoms. The van der Waals surface area contributed by atoms with Crippen LogP contribution in [0.2, 0.25) is 0 Å². The monoisotopic (exact) mass is 254 g/mol. The second-order valence-electron chi connectivity index (χ2n) is 5.84. The summed E-state index contributed by atoms with van der Waals surface area (Å²) in [7, 11) is 0. The molecule has 1 heterocycles. The van der Waals surface area contributed by atoms with Crippen LogP contribution in [0.1, 0.15) is 50.3 Å². The molecule has 0 radical (unpaired) electrons. The molecule has 2 nitrogen and oxygen atoms in total. The number of anilines is 1. The number of hydrogen-bond acceptors (Lipinski definition) is 2. The molecule has 0 fully saturated rings. The number of unbranched alkanes of at least 4 members (excludes halogenated alkanes) is 1. The van der Waals surface area contributed by atoms with Gasteiger partial charge in [0.05, 0.1) is 5.52 Å². The Morgan fingerprint density at radius 3 is 2.89 bits per heavy atom. The van der Waals surface area contributed by atoms with Crippen molar-refractivity contribution in [3.63, 3.8) is 0 Å². The molecule has 2 unspecified atom stereocenters. The lowest BCUT2D eigenvalue weighted by molar-refractivity contribution is 0.450. The zero-order chi connectivity index (χ0) is 13.4. The molecule has 1 aromatic carbocycles. The summed E-state index contributed by atoms with van der Waals surface area (Å²) in [6.07, 6.45) is 4.87. The zero-order valence-electron chi connectivity index (χ0n) is 11.8. The molecular formula is C17H22N2. The molecule has 2 N–H and O–H groups in total. The first kappa shape index (κ1) is 12.5. The third kappa shape index (κ3) is 1.99. The number of hydrogen-bond donors (Lipinski definition) is 1. The first-order valence-electron chi connectivity index (χ1n) is 7.39. The molecule has 0 amide bonds. The topological polar surface area (TPSA) is 38.9 Å². The van der Waals surface area contributed by atoms with Gasteiger partial charge in [-0.25, -0.2) is 0 Å². The quantitative estimate of drug-likeness (QED) is 0.887. The molecule has 0 spiro atoms. The van der Waals surface area contributed by atoms with Gasteiger partial charge >= 0.3 is 0 Å². The van der Waals surface area contributed by atoms with Crippen LogP contribution in [0.3, 0.4) is 0 Å². The Hall–Kier alpha value is -1.57. The van der Waals surface area contributed by atoms with Gasteiger partial charge in [-0.15, -0.1) is 0 Å². The van der Waals surface area contributed by atoms with Crippen LogP contribution < -0.4 is 5.73 Å². The van der Waals surface area contributed by atoms with Crippen LogP contribution in [0.4, 0.5) is 5.69 Å². The second-order valence-corrected chi connectivity index (χ2v) is 5.84. The maximum absolute atomic E-state index is 6.38. The maximum atomic E-state index is 6.38. The molecule has 0 bridgehead atoms. The molecular weight excluding hydrogens is 232 g/mol. The largest absolute Gasteiger partial charge is 0.398 e.